The lowest BCUT2D eigenvalue weighted by molar-refractivity contribution is -0.126. The Kier molecular flexibility index (Phi) is 5.79. The second-order valence-corrected chi connectivity index (χ2v) is 4.33. The predicted octanol–water partition coefficient (Wildman–Crippen LogP) is 2.40. The fourth-order valence-corrected chi connectivity index (χ4v) is 1.59. The van der Waals surface area contributed by atoms with Gasteiger partial charge in [-0.25, -0.2) is 8.78 Å². The van der Waals surface area contributed by atoms with E-state index in [2.05, 4.69) is 22.1 Å². The number of carbonyl (C=O) groups is 1. The van der Waals surface area contributed by atoms with E-state index < -0.39 is 23.4 Å². The molecule has 100 valence electrons. The minimum atomic E-state index is -2.69. The average molecular weight is 277 g/mol. The summed E-state index contributed by atoms with van der Waals surface area (Å²) in [7, 11) is 0. The fraction of sp³-hybridized carbons (Fsp3) is 0.500. The lowest BCUT2D eigenvalue weighted by Gasteiger charge is -2.10. The largest absolute Gasteiger partial charge is 0.368 e. The van der Waals surface area contributed by atoms with Gasteiger partial charge < -0.3 is 4.74 Å². The molecule has 1 rings (SSSR count). The van der Waals surface area contributed by atoms with Gasteiger partial charge in [0.2, 0.25) is 5.13 Å². The van der Waals surface area contributed by atoms with Crippen LogP contribution in [-0.2, 0) is 9.53 Å². The maximum atomic E-state index is 12.2. The summed E-state index contributed by atoms with van der Waals surface area (Å²) in [6, 6.07) is 0. The Balaban J connectivity index is 2.45. The SMILES string of the molecule is C=CCCOC(C)C(=O)Nc1nnc(C(F)F)s1. The highest BCUT2D eigenvalue weighted by molar-refractivity contribution is 7.15. The van der Waals surface area contributed by atoms with Crippen molar-refractivity contribution in [2.24, 2.45) is 0 Å². The second-order valence-electron chi connectivity index (χ2n) is 3.33. The van der Waals surface area contributed by atoms with Gasteiger partial charge in [0.05, 0.1) is 6.61 Å². The third-order valence-corrected chi connectivity index (χ3v) is 2.76. The summed E-state index contributed by atoms with van der Waals surface area (Å²) in [6.07, 6.45) is -1.07. The van der Waals surface area contributed by atoms with Crippen LogP contribution >= 0.6 is 11.3 Å². The van der Waals surface area contributed by atoms with Gasteiger partial charge in [-0.3, -0.25) is 10.1 Å². The van der Waals surface area contributed by atoms with Crippen LogP contribution in [0.1, 0.15) is 24.8 Å². The molecule has 1 atom stereocenters. The van der Waals surface area contributed by atoms with Crippen LogP contribution in [0.4, 0.5) is 13.9 Å². The van der Waals surface area contributed by atoms with Crippen LogP contribution in [0.5, 0.6) is 0 Å². The molecule has 0 radical (unpaired) electrons. The molecule has 1 N–H and O–H groups in total. The van der Waals surface area contributed by atoms with Crippen molar-refractivity contribution in [3.63, 3.8) is 0 Å². The number of hydrogen-bond donors (Lipinski definition) is 1. The van der Waals surface area contributed by atoms with Crippen molar-refractivity contribution in [1.29, 1.82) is 0 Å². The Bertz CT molecular complexity index is 412. The van der Waals surface area contributed by atoms with Crippen LogP contribution < -0.4 is 5.32 Å². The molecule has 18 heavy (non-hydrogen) atoms. The highest BCUT2D eigenvalue weighted by atomic mass is 32.1. The molecule has 0 saturated carbocycles. The van der Waals surface area contributed by atoms with E-state index >= 15 is 0 Å². The van der Waals surface area contributed by atoms with Gasteiger partial charge in [-0.15, -0.1) is 16.8 Å². The van der Waals surface area contributed by atoms with Gasteiger partial charge >= 0.3 is 0 Å². The molecule has 8 heteroatoms. The van der Waals surface area contributed by atoms with Crippen LogP contribution in [0.15, 0.2) is 12.7 Å². The van der Waals surface area contributed by atoms with Crippen LogP contribution in [0.3, 0.4) is 0 Å². The number of amides is 1. The molecule has 0 saturated heterocycles. The number of halogens is 2. The van der Waals surface area contributed by atoms with E-state index in [1.165, 1.54) is 0 Å². The second kappa shape index (κ2) is 7.12. The highest BCUT2D eigenvalue weighted by Crippen LogP contribution is 2.25. The number of alkyl halides is 2. The van der Waals surface area contributed by atoms with E-state index in [0.717, 1.165) is 0 Å². The first-order valence-electron chi connectivity index (χ1n) is 5.19. The Morgan fingerprint density at radius 2 is 2.33 bits per heavy atom. The molecule has 5 nitrogen and oxygen atoms in total. The number of nitrogens with zero attached hydrogens (tertiary/aromatic N) is 2. The predicted molar refractivity (Wildman–Crippen MR) is 63.7 cm³/mol. The van der Waals surface area contributed by atoms with Crippen molar-refractivity contribution in [2.45, 2.75) is 25.9 Å². The summed E-state index contributed by atoms with van der Waals surface area (Å²) >= 11 is 0.639. The lowest BCUT2D eigenvalue weighted by atomic mass is 10.3. The van der Waals surface area contributed by atoms with Crippen LogP contribution in [0.2, 0.25) is 0 Å². The zero-order valence-corrected chi connectivity index (χ0v) is 10.5. The van der Waals surface area contributed by atoms with Gasteiger partial charge in [-0.05, 0) is 13.3 Å². The molecule has 1 aromatic rings. The minimum Gasteiger partial charge on any atom is -0.368 e. The minimum absolute atomic E-state index is 0.0365. The maximum Gasteiger partial charge on any atom is 0.291 e. The third-order valence-electron chi connectivity index (χ3n) is 1.92. The summed E-state index contributed by atoms with van der Waals surface area (Å²) in [5.41, 5.74) is 0. The van der Waals surface area contributed by atoms with E-state index in [1.807, 2.05) is 0 Å². The van der Waals surface area contributed by atoms with Crippen molar-refractivity contribution in [3.05, 3.63) is 17.7 Å². The lowest BCUT2D eigenvalue weighted by Crippen LogP contribution is -2.27. The fourth-order valence-electron chi connectivity index (χ4n) is 0.984. The number of rotatable bonds is 7. The molecule has 0 aliphatic rings. The van der Waals surface area contributed by atoms with Crippen LogP contribution in [-0.4, -0.2) is 28.8 Å². The Morgan fingerprint density at radius 1 is 1.61 bits per heavy atom. The van der Waals surface area contributed by atoms with E-state index in [9.17, 15) is 13.6 Å². The Labute approximate surface area is 107 Å². The standard InChI is InChI=1S/C10H13F2N3O2S/c1-3-4-5-17-6(2)8(16)13-10-15-14-9(18-10)7(11)12/h3,6-7H,1,4-5H2,2H3,(H,13,15,16). The zero-order valence-electron chi connectivity index (χ0n) is 9.73. The number of carbonyl (C=O) groups excluding carboxylic acids is 1. The van der Waals surface area contributed by atoms with E-state index in [4.69, 9.17) is 4.74 Å². The summed E-state index contributed by atoms with van der Waals surface area (Å²) in [6.45, 7) is 5.46. The number of aromatic nitrogens is 2. The zero-order chi connectivity index (χ0) is 13.5. The van der Waals surface area contributed by atoms with Gasteiger partial charge in [0, 0.05) is 0 Å². The molecule has 0 spiro atoms. The number of anilines is 1. The van der Waals surface area contributed by atoms with Gasteiger partial charge in [-0.2, -0.15) is 0 Å². The van der Waals surface area contributed by atoms with Crippen molar-refractivity contribution < 1.29 is 18.3 Å². The Morgan fingerprint density at radius 3 is 2.89 bits per heavy atom. The number of hydrogen-bond acceptors (Lipinski definition) is 5. The van der Waals surface area contributed by atoms with Gasteiger partial charge in [0.1, 0.15) is 6.10 Å². The van der Waals surface area contributed by atoms with Gasteiger partial charge in [-0.1, -0.05) is 17.4 Å². The molecule has 0 aliphatic carbocycles. The van der Waals surface area contributed by atoms with Gasteiger partial charge in [0.25, 0.3) is 12.3 Å². The molecule has 1 aromatic heterocycles. The molecule has 0 fully saturated rings. The molecule has 0 aliphatic heterocycles. The highest BCUT2D eigenvalue weighted by Gasteiger charge is 2.18. The van der Waals surface area contributed by atoms with Crippen molar-refractivity contribution in [1.82, 2.24) is 10.2 Å². The molecule has 1 heterocycles. The Hall–Kier alpha value is -1.41. The number of ether oxygens (including phenoxy) is 1. The summed E-state index contributed by atoms with van der Waals surface area (Å²) in [5, 5.41) is 8.67. The van der Waals surface area contributed by atoms with Crippen LogP contribution in [0, 0.1) is 0 Å². The normalized spacial score (nSPS) is 12.4. The molecule has 1 amide bonds. The molecule has 0 aromatic carbocycles. The topological polar surface area (TPSA) is 64.1 Å². The molecular formula is C10H13F2N3O2S. The van der Waals surface area contributed by atoms with E-state index in [-0.39, 0.29) is 5.13 Å². The summed E-state index contributed by atoms with van der Waals surface area (Å²) in [5.74, 6) is -0.448. The van der Waals surface area contributed by atoms with Crippen molar-refractivity contribution in [3.8, 4) is 0 Å². The smallest absolute Gasteiger partial charge is 0.291 e. The first-order chi connectivity index (χ1) is 8.54. The third kappa shape index (κ3) is 4.46. The van der Waals surface area contributed by atoms with Gasteiger partial charge in [0.15, 0.2) is 5.01 Å². The van der Waals surface area contributed by atoms with Crippen molar-refractivity contribution in [2.75, 3.05) is 11.9 Å². The number of nitrogens with one attached hydrogen (secondary N) is 1. The molecule has 1 unspecified atom stereocenters. The maximum absolute atomic E-state index is 12.2. The monoisotopic (exact) mass is 277 g/mol. The quantitative estimate of drug-likeness (QED) is 0.614. The van der Waals surface area contributed by atoms with E-state index in [1.54, 1.807) is 13.0 Å². The molecule has 0 bridgehead atoms. The molecular weight excluding hydrogens is 264 g/mol. The van der Waals surface area contributed by atoms with Crippen molar-refractivity contribution >= 4 is 22.4 Å². The summed E-state index contributed by atoms with van der Waals surface area (Å²) in [4.78, 5) is 11.6. The van der Waals surface area contributed by atoms with E-state index in [0.29, 0.717) is 24.4 Å². The average Bonchev–Trinajstić information content (AvgIpc) is 2.77. The summed E-state index contributed by atoms with van der Waals surface area (Å²) < 4.78 is 29.7. The first-order valence-corrected chi connectivity index (χ1v) is 6.01. The van der Waals surface area contributed by atoms with Crippen LogP contribution in [0.25, 0.3) is 0 Å². The first kappa shape index (κ1) is 14.7.